The molecule has 0 aliphatic rings. The molecule has 2 heterocycles. The predicted octanol–water partition coefficient (Wildman–Crippen LogP) is 3.69. The van der Waals surface area contributed by atoms with Crippen LogP contribution < -0.4 is 5.32 Å². The van der Waals surface area contributed by atoms with Gasteiger partial charge in [0.1, 0.15) is 10.5 Å². The summed E-state index contributed by atoms with van der Waals surface area (Å²) < 4.78 is 1.91. The smallest absolute Gasteiger partial charge is 0.230 e. The molecular weight excluding hydrogens is 358 g/mol. The highest BCUT2D eigenvalue weighted by atomic mass is 32.2. The monoisotopic (exact) mass is 383 g/mol. The second kappa shape index (κ2) is 8.52. The number of carbonyl (C=O) groups excluding carboxylic acids is 1. The highest BCUT2D eigenvalue weighted by Crippen LogP contribution is 2.29. The number of para-hydroxylation sites is 1. The van der Waals surface area contributed by atoms with E-state index in [-0.39, 0.29) is 5.91 Å². The third kappa shape index (κ3) is 4.47. The van der Waals surface area contributed by atoms with Crippen LogP contribution in [0.15, 0.2) is 35.4 Å². The number of amides is 1. The molecule has 27 heavy (non-hydrogen) atoms. The molecule has 3 rings (SSSR count). The van der Waals surface area contributed by atoms with Gasteiger partial charge >= 0.3 is 0 Å². The molecular formula is C20H25N5OS. The van der Waals surface area contributed by atoms with Crippen molar-refractivity contribution in [1.29, 1.82) is 0 Å². The highest BCUT2D eigenvalue weighted by molar-refractivity contribution is 8.00. The van der Waals surface area contributed by atoms with Crippen molar-refractivity contribution in [3.63, 3.8) is 0 Å². The van der Waals surface area contributed by atoms with Crippen LogP contribution in [-0.2, 0) is 4.79 Å². The molecule has 0 aliphatic heterocycles. The normalized spacial score (nSPS) is 11.3. The lowest BCUT2D eigenvalue weighted by atomic mass is 10.1. The molecule has 0 fully saturated rings. The van der Waals surface area contributed by atoms with Crippen LogP contribution in [0.5, 0.6) is 0 Å². The Balaban J connectivity index is 1.82. The Morgan fingerprint density at radius 1 is 1.19 bits per heavy atom. The summed E-state index contributed by atoms with van der Waals surface area (Å²) >= 11 is 1.38. The Labute approximate surface area is 163 Å². The van der Waals surface area contributed by atoms with E-state index in [9.17, 15) is 4.79 Å². The quantitative estimate of drug-likeness (QED) is 0.630. The van der Waals surface area contributed by atoms with E-state index in [1.54, 1.807) is 0 Å². The number of carbonyl (C=O) groups is 1. The van der Waals surface area contributed by atoms with E-state index in [1.807, 2.05) is 48.9 Å². The van der Waals surface area contributed by atoms with Crippen LogP contribution in [0.1, 0.15) is 31.7 Å². The molecule has 3 aromatic rings. The van der Waals surface area contributed by atoms with Gasteiger partial charge in [0.05, 0.1) is 22.8 Å². The second-order valence-electron chi connectivity index (χ2n) is 6.97. The van der Waals surface area contributed by atoms with Gasteiger partial charge < -0.3 is 5.32 Å². The lowest BCUT2D eigenvalue weighted by Gasteiger charge is -2.07. The number of aromatic nitrogens is 4. The standard InChI is InChI=1S/C20H25N5OS/c1-13(2)10-11-21-17(26)12-27-20-19-18(14(3)22-23-20)15(4)25(24-19)16-8-6-5-7-9-16/h5-9,13H,10-12H2,1-4H3,(H,21,26). The van der Waals surface area contributed by atoms with Gasteiger partial charge in [-0.3, -0.25) is 4.79 Å². The molecule has 0 bridgehead atoms. The molecule has 0 atom stereocenters. The van der Waals surface area contributed by atoms with Crippen LogP contribution in [0.2, 0.25) is 0 Å². The molecule has 1 N–H and O–H groups in total. The summed E-state index contributed by atoms with van der Waals surface area (Å²) in [7, 11) is 0. The molecule has 6 nitrogen and oxygen atoms in total. The number of aryl methyl sites for hydroxylation is 2. The molecule has 0 aliphatic carbocycles. The number of rotatable bonds is 7. The van der Waals surface area contributed by atoms with Crippen molar-refractivity contribution in [2.24, 2.45) is 5.92 Å². The Bertz CT molecular complexity index is 936. The highest BCUT2D eigenvalue weighted by Gasteiger charge is 2.17. The molecule has 0 spiro atoms. The molecule has 0 unspecified atom stereocenters. The molecule has 0 radical (unpaired) electrons. The zero-order valence-corrected chi connectivity index (χ0v) is 17.0. The van der Waals surface area contributed by atoms with E-state index >= 15 is 0 Å². The van der Waals surface area contributed by atoms with Gasteiger partial charge in [-0.2, -0.15) is 10.2 Å². The third-order valence-electron chi connectivity index (χ3n) is 4.36. The van der Waals surface area contributed by atoms with E-state index in [2.05, 4.69) is 29.4 Å². The fourth-order valence-corrected chi connectivity index (χ4v) is 3.65. The van der Waals surface area contributed by atoms with Gasteiger partial charge in [-0.1, -0.05) is 43.8 Å². The number of hydrogen-bond acceptors (Lipinski definition) is 5. The van der Waals surface area contributed by atoms with Crippen LogP contribution in [0, 0.1) is 19.8 Å². The van der Waals surface area contributed by atoms with E-state index in [0.717, 1.165) is 34.4 Å². The Morgan fingerprint density at radius 2 is 1.93 bits per heavy atom. The van der Waals surface area contributed by atoms with Crippen molar-refractivity contribution < 1.29 is 4.79 Å². The van der Waals surface area contributed by atoms with Crippen LogP contribution in [-0.4, -0.2) is 38.2 Å². The first-order valence-corrected chi connectivity index (χ1v) is 10.1. The largest absolute Gasteiger partial charge is 0.355 e. The minimum atomic E-state index is 0.00962. The van der Waals surface area contributed by atoms with Gasteiger partial charge in [0.25, 0.3) is 0 Å². The number of nitrogens with one attached hydrogen (secondary N) is 1. The van der Waals surface area contributed by atoms with Gasteiger partial charge in [-0.15, -0.1) is 5.10 Å². The lowest BCUT2D eigenvalue weighted by Crippen LogP contribution is -2.26. The number of benzene rings is 1. The topological polar surface area (TPSA) is 72.7 Å². The summed E-state index contributed by atoms with van der Waals surface area (Å²) in [5.74, 6) is 0.892. The third-order valence-corrected chi connectivity index (χ3v) is 5.31. The Kier molecular flexibility index (Phi) is 6.11. The van der Waals surface area contributed by atoms with Crippen LogP contribution in [0.25, 0.3) is 16.6 Å². The van der Waals surface area contributed by atoms with Gasteiger partial charge in [0.15, 0.2) is 0 Å². The summed E-state index contributed by atoms with van der Waals surface area (Å²) in [6.45, 7) is 8.96. The second-order valence-corrected chi connectivity index (χ2v) is 7.93. The lowest BCUT2D eigenvalue weighted by molar-refractivity contribution is -0.118. The van der Waals surface area contributed by atoms with Crippen molar-refractivity contribution in [3.05, 3.63) is 41.7 Å². The molecule has 0 saturated heterocycles. The van der Waals surface area contributed by atoms with Crippen molar-refractivity contribution in [3.8, 4) is 5.69 Å². The number of thioether (sulfide) groups is 1. The SMILES string of the molecule is Cc1nnc(SCC(=O)NCCC(C)C)c2nn(-c3ccccc3)c(C)c12. The van der Waals surface area contributed by atoms with E-state index in [0.29, 0.717) is 23.2 Å². The van der Waals surface area contributed by atoms with Crippen molar-refractivity contribution >= 4 is 28.6 Å². The van der Waals surface area contributed by atoms with E-state index < -0.39 is 0 Å². The minimum Gasteiger partial charge on any atom is -0.355 e. The van der Waals surface area contributed by atoms with Crippen molar-refractivity contribution in [1.82, 2.24) is 25.3 Å². The molecule has 1 aromatic carbocycles. The zero-order valence-electron chi connectivity index (χ0n) is 16.2. The maximum Gasteiger partial charge on any atom is 0.230 e. The fraction of sp³-hybridized carbons (Fsp3) is 0.400. The predicted molar refractivity (Wildman–Crippen MR) is 109 cm³/mol. The van der Waals surface area contributed by atoms with Crippen LogP contribution >= 0.6 is 11.8 Å². The Morgan fingerprint density at radius 3 is 2.63 bits per heavy atom. The summed E-state index contributed by atoms with van der Waals surface area (Å²) in [5, 5.41) is 18.0. The maximum atomic E-state index is 12.1. The van der Waals surface area contributed by atoms with Crippen molar-refractivity contribution in [2.45, 2.75) is 39.1 Å². The number of hydrogen-bond donors (Lipinski definition) is 1. The zero-order chi connectivity index (χ0) is 19.4. The maximum absolute atomic E-state index is 12.1. The summed E-state index contributed by atoms with van der Waals surface area (Å²) in [6, 6.07) is 9.99. The van der Waals surface area contributed by atoms with Gasteiger partial charge in [0, 0.05) is 11.9 Å². The van der Waals surface area contributed by atoms with Crippen molar-refractivity contribution in [2.75, 3.05) is 12.3 Å². The first-order chi connectivity index (χ1) is 13.0. The molecule has 7 heteroatoms. The molecule has 142 valence electrons. The average Bonchev–Trinajstić information content (AvgIpc) is 3.00. The first-order valence-electron chi connectivity index (χ1n) is 9.15. The van der Waals surface area contributed by atoms with E-state index in [4.69, 9.17) is 5.10 Å². The molecule has 1 amide bonds. The van der Waals surface area contributed by atoms with Gasteiger partial charge in [-0.25, -0.2) is 4.68 Å². The summed E-state index contributed by atoms with van der Waals surface area (Å²) in [6.07, 6.45) is 0.978. The summed E-state index contributed by atoms with van der Waals surface area (Å²) in [4.78, 5) is 12.1. The average molecular weight is 384 g/mol. The number of nitrogens with zero attached hydrogens (tertiary/aromatic N) is 4. The number of fused-ring (bicyclic) bond motifs is 1. The minimum absolute atomic E-state index is 0.00962. The Hall–Kier alpha value is -2.41. The summed E-state index contributed by atoms with van der Waals surface area (Å²) in [5.41, 5.74) is 3.65. The molecule has 0 saturated carbocycles. The molecule has 2 aromatic heterocycles. The van der Waals surface area contributed by atoms with Gasteiger partial charge in [0.2, 0.25) is 5.91 Å². The van der Waals surface area contributed by atoms with Crippen LogP contribution in [0.3, 0.4) is 0 Å². The van der Waals surface area contributed by atoms with E-state index in [1.165, 1.54) is 11.8 Å². The first kappa shape index (κ1) is 19.4. The van der Waals surface area contributed by atoms with Crippen LogP contribution in [0.4, 0.5) is 0 Å². The fourth-order valence-electron chi connectivity index (χ4n) is 2.91. The van der Waals surface area contributed by atoms with Gasteiger partial charge in [-0.05, 0) is 38.3 Å².